The Bertz CT molecular complexity index is 477. The van der Waals surface area contributed by atoms with Gasteiger partial charge in [0.1, 0.15) is 18.7 Å². The van der Waals surface area contributed by atoms with E-state index in [0.717, 1.165) is 11.4 Å². The number of nitrogens with zero attached hydrogens (tertiary/aromatic N) is 3. The predicted molar refractivity (Wildman–Crippen MR) is 63.0 cm³/mol. The molecular formula is C12H15N3O2. The van der Waals surface area contributed by atoms with Crippen molar-refractivity contribution < 1.29 is 9.84 Å². The number of hydrogen-bond donors (Lipinski definition) is 1. The first-order chi connectivity index (χ1) is 8.20. The van der Waals surface area contributed by atoms with Crippen LogP contribution in [0.1, 0.15) is 19.7 Å². The summed E-state index contributed by atoms with van der Waals surface area (Å²) in [5.41, 5.74) is 0.898. The van der Waals surface area contributed by atoms with Gasteiger partial charge in [-0.15, -0.1) is 10.2 Å². The SMILES string of the molecule is CC(C)Oc1ccc(-n2cnnc2CO)cc1. The summed E-state index contributed by atoms with van der Waals surface area (Å²) in [6, 6.07) is 7.58. The van der Waals surface area contributed by atoms with Crippen molar-refractivity contribution >= 4 is 0 Å². The monoisotopic (exact) mass is 233 g/mol. The standard InChI is InChI=1S/C12H15N3O2/c1-9(2)17-11-5-3-10(4-6-11)15-8-13-14-12(15)7-16/h3-6,8-9,16H,7H2,1-2H3. The Morgan fingerprint density at radius 3 is 2.59 bits per heavy atom. The van der Waals surface area contributed by atoms with Crippen molar-refractivity contribution in [2.45, 2.75) is 26.6 Å². The van der Waals surface area contributed by atoms with Crippen LogP contribution in [0.4, 0.5) is 0 Å². The zero-order chi connectivity index (χ0) is 12.3. The molecule has 0 atom stereocenters. The lowest BCUT2D eigenvalue weighted by Crippen LogP contribution is -2.05. The topological polar surface area (TPSA) is 60.2 Å². The number of ether oxygens (including phenoxy) is 1. The summed E-state index contributed by atoms with van der Waals surface area (Å²) in [7, 11) is 0. The highest BCUT2D eigenvalue weighted by Gasteiger charge is 2.05. The van der Waals surface area contributed by atoms with Gasteiger partial charge in [0.2, 0.25) is 0 Å². The zero-order valence-electron chi connectivity index (χ0n) is 9.87. The van der Waals surface area contributed by atoms with Crippen molar-refractivity contribution in [3.05, 3.63) is 36.4 Å². The molecule has 0 saturated heterocycles. The maximum atomic E-state index is 9.09. The molecule has 1 heterocycles. The second-order valence-corrected chi connectivity index (χ2v) is 3.94. The molecular weight excluding hydrogens is 218 g/mol. The summed E-state index contributed by atoms with van der Waals surface area (Å²) in [5.74, 6) is 1.34. The van der Waals surface area contributed by atoms with E-state index in [-0.39, 0.29) is 12.7 Å². The van der Waals surface area contributed by atoms with Crippen LogP contribution in [-0.2, 0) is 6.61 Å². The fourth-order valence-corrected chi connectivity index (χ4v) is 1.54. The molecule has 1 aromatic carbocycles. The Labute approximate surface area is 99.7 Å². The van der Waals surface area contributed by atoms with Gasteiger partial charge < -0.3 is 9.84 Å². The number of aliphatic hydroxyl groups excluding tert-OH is 1. The van der Waals surface area contributed by atoms with Crippen molar-refractivity contribution in [1.29, 1.82) is 0 Å². The third-order valence-corrected chi connectivity index (χ3v) is 2.25. The minimum absolute atomic E-state index is 0.135. The van der Waals surface area contributed by atoms with Gasteiger partial charge in [0, 0.05) is 5.69 Å². The molecule has 0 aliphatic rings. The zero-order valence-corrected chi connectivity index (χ0v) is 9.87. The molecule has 0 spiro atoms. The first kappa shape index (κ1) is 11.6. The Morgan fingerprint density at radius 1 is 1.29 bits per heavy atom. The molecule has 90 valence electrons. The lowest BCUT2D eigenvalue weighted by Gasteiger charge is -2.10. The van der Waals surface area contributed by atoms with Crippen molar-refractivity contribution in [2.75, 3.05) is 0 Å². The van der Waals surface area contributed by atoms with E-state index in [1.165, 1.54) is 0 Å². The van der Waals surface area contributed by atoms with E-state index >= 15 is 0 Å². The molecule has 2 aromatic rings. The van der Waals surface area contributed by atoms with Crippen molar-refractivity contribution in [3.63, 3.8) is 0 Å². The summed E-state index contributed by atoms with van der Waals surface area (Å²) >= 11 is 0. The van der Waals surface area contributed by atoms with Gasteiger partial charge in [0.05, 0.1) is 6.10 Å². The molecule has 1 aromatic heterocycles. The van der Waals surface area contributed by atoms with Crippen molar-refractivity contribution in [2.24, 2.45) is 0 Å². The summed E-state index contributed by atoms with van der Waals surface area (Å²) in [5, 5.41) is 16.7. The fourth-order valence-electron chi connectivity index (χ4n) is 1.54. The number of benzene rings is 1. The molecule has 2 rings (SSSR count). The molecule has 5 heteroatoms. The lowest BCUT2D eigenvalue weighted by atomic mass is 10.3. The average molecular weight is 233 g/mol. The van der Waals surface area contributed by atoms with E-state index in [1.807, 2.05) is 38.1 Å². The first-order valence-corrected chi connectivity index (χ1v) is 5.47. The smallest absolute Gasteiger partial charge is 0.163 e. The largest absolute Gasteiger partial charge is 0.491 e. The molecule has 5 nitrogen and oxygen atoms in total. The Hall–Kier alpha value is -1.88. The molecule has 0 saturated carbocycles. The predicted octanol–water partition coefficient (Wildman–Crippen LogP) is 1.55. The van der Waals surface area contributed by atoms with E-state index in [4.69, 9.17) is 9.84 Å². The van der Waals surface area contributed by atoms with Crippen LogP contribution >= 0.6 is 0 Å². The van der Waals surface area contributed by atoms with Gasteiger partial charge >= 0.3 is 0 Å². The van der Waals surface area contributed by atoms with Crippen molar-refractivity contribution in [1.82, 2.24) is 14.8 Å². The second kappa shape index (κ2) is 4.97. The van der Waals surface area contributed by atoms with Crippen LogP contribution < -0.4 is 4.74 Å². The summed E-state index contributed by atoms with van der Waals surface area (Å²) in [6.07, 6.45) is 1.73. The molecule has 0 fully saturated rings. The molecule has 0 unspecified atom stereocenters. The minimum atomic E-state index is -0.135. The highest BCUT2D eigenvalue weighted by Crippen LogP contribution is 2.17. The van der Waals surface area contributed by atoms with E-state index in [9.17, 15) is 0 Å². The quantitative estimate of drug-likeness (QED) is 0.870. The Balaban J connectivity index is 2.23. The van der Waals surface area contributed by atoms with Gasteiger partial charge in [-0.2, -0.15) is 0 Å². The van der Waals surface area contributed by atoms with E-state index in [2.05, 4.69) is 10.2 Å². The van der Waals surface area contributed by atoms with Gasteiger partial charge in [0.15, 0.2) is 5.82 Å². The molecule has 0 aliphatic carbocycles. The normalized spacial score (nSPS) is 10.8. The average Bonchev–Trinajstić information content (AvgIpc) is 2.77. The number of rotatable bonds is 4. The lowest BCUT2D eigenvalue weighted by molar-refractivity contribution is 0.242. The molecule has 17 heavy (non-hydrogen) atoms. The van der Waals surface area contributed by atoms with Gasteiger partial charge in [0.25, 0.3) is 0 Å². The van der Waals surface area contributed by atoms with E-state index in [1.54, 1.807) is 10.9 Å². The van der Waals surface area contributed by atoms with Crippen LogP contribution in [0.25, 0.3) is 5.69 Å². The maximum Gasteiger partial charge on any atom is 0.163 e. The summed E-state index contributed by atoms with van der Waals surface area (Å²) < 4.78 is 7.29. The Morgan fingerprint density at radius 2 is 2.00 bits per heavy atom. The fraction of sp³-hybridized carbons (Fsp3) is 0.333. The number of aromatic nitrogens is 3. The summed E-state index contributed by atoms with van der Waals surface area (Å²) in [6.45, 7) is 3.83. The van der Waals surface area contributed by atoms with Gasteiger partial charge in [-0.05, 0) is 38.1 Å². The first-order valence-electron chi connectivity index (χ1n) is 5.47. The second-order valence-electron chi connectivity index (χ2n) is 3.94. The van der Waals surface area contributed by atoms with Gasteiger partial charge in [-0.3, -0.25) is 4.57 Å². The molecule has 1 N–H and O–H groups in total. The minimum Gasteiger partial charge on any atom is -0.491 e. The van der Waals surface area contributed by atoms with E-state index < -0.39 is 0 Å². The molecule has 0 amide bonds. The molecule has 0 aliphatic heterocycles. The van der Waals surface area contributed by atoms with Crippen LogP contribution in [-0.4, -0.2) is 26.0 Å². The van der Waals surface area contributed by atoms with Gasteiger partial charge in [-0.1, -0.05) is 0 Å². The highest BCUT2D eigenvalue weighted by atomic mass is 16.5. The maximum absolute atomic E-state index is 9.09. The summed E-state index contributed by atoms with van der Waals surface area (Å²) in [4.78, 5) is 0. The van der Waals surface area contributed by atoms with Crippen molar-refractivity contribution in [3.8, 4) is 11.4 Å². The highest BCUT2D eigenvalue weighted by molar-refractivity contribution is 5.37. The number of hydrogen-bond acceptors (Lipinski definition) is 4. The van der Waals surface area contributed by atoms with Crippen LogP contribution in [0.5, 0.6) is 5.75 Å². The third kappa shape index (κ3) is 2.62. The van der Waals surface area contributed by atoms with Crippen LogP contribution in [0, 0.1) is 0 Å². The third-order valence-electron chi connectivity index (χ3n) is 2.25. The number of aliphatic hydroxyl groups is 1. The molecule has 0 bridgehead atoms. The Kier molecular flexibility index (Phi) is 3.39. The van der Waals surface area contributed by atoms with Crippen LogP contribution in [0.3, 0.4) is 0 Å². The van der Waals surface area contributed by atoms with Crippen LogP contribution in [0.2, 0.25) is 0 Å². The molecule has 0 radical (unpaired) electrons. The van der Waals surface area contributed by atoms with E-state index in [0.29, 0.717) is 5.82 Å². The van der Waals surface area contributed by atoms with Crippen LogP contribution in [0.15, 0.2) is 30.6 Å². The van der Waals surface area contributed by atoms with Gasteiger partial charge in [-0.25, -0.2) is 0 Å².